The second-order valence-corrected chi connectivity index (χ2v) is 13.5. The van der Waals surface area contributed by atoms with Crippen molar-refractivity contribution < 1.29 is 18.3 Å². The van der Waals surface area contributed by atoms with E-state index < -0.39 is 17.7 Å². The van der Waals surface area contributed by atoms with E-state index in [0.717, 1.165) is 52.2 Å². The molecule has 260 valence electrons. The molecule has 2 aliphatic heterocycles. The normalized spacial score (nSPS) is 17.7. The maximum absolute atomic E-state index is 15.0. The van der Waals surface area contributed by atoms with Crippen LogP contribution in [0.1, 0.15) is 24.1 Å². The summed E-state index contributed by atoms with van der Waals surface area (Å²) in [6.07, 6.45) is 6.50. The summed E-state index contributed by atoms with van der Waals surface area (Å²) in [4.78, 5) is 28.2. The molecule has 11 heteroatoms. The van der Waals surface area contributed by atoms with Gasteiger partial charge in [-0.15, -0.1) is 0 Å². The van der Waals surface area contributed by atoms with Crippen molar-refractivity contribution in [2.75, 3.05) is 18.0 Å². The van der Waals surface area contributed by atoms with Crippen LogP contribution in [-0.4, -0.2) is 60.2 Å². The second kappa shape index (κ2) is 12.9. The smallest absolute Gasteiger partial charge is 0.245 e. The first-order valence-corrected chi connectivity index (χ1v) is 17.5. The number of hydrogen-bond acceptors (Lipinski definition) is 6. The van der Waals surface area contributed by atoms with E-state index in [4.69, 9.17) is 14.8 Å². The summed E-state index contributed by atoms with van der Waals surface area (Å²) in [5.74, 6) is 0.153. The molecule has 0 unspecified atom stereocenters. The van der Waals surface area contributed by atoms with Gasteiger partial charge in [-0.2, -0.15) is 5.10 Å². The van der Waals surface area contributed by atoms with Crippen LogP contribution in [0.15, 0.2) is 110 Å². The Morgan fingerprint density at radius 1 is 0.923 bits per heavy atom. The number of aromatic nitrogens is 5. The van der Waals surface area contributed by atoms with Crippen LogP contribution in [0.5, 0.6) is 5.75 Å². The Kier molecular flexibility index (Phi) is 7.90. The molecule has 0 spiro atoms. The van der Waals surface area contributed by atoms with Gasteiger partial charge >= 0.3 is 0 Å². The van der Waals surface area contributed by atoms with Gasteiger partial charge in [-0.3, -0.25) is 13.9 Å². The van der Waals surface area contributed by atoms with Gasteiger partial charge in [0.2, 0.25) is 5.91 Å². The third-order valence-corrected chi connectivity index (χ3v) is 10.2. The van der Waals surface area contributed by atoms with Crippen molar-refractivity contribution >= 4 is 28.1 Å². The van der Waals surface area contributed by atoms with Crippen LogP contribution in [0, 0.1) is 11.6 Å². The van der Waals surface area contributed by atoms with Gasteiger partial charge in [0, 0.05) is 56.1 Å². The van der Waals surface area contributed by atoms with E-state index in [9.17, 15) is 13.6 Å². The van der Waals surface area contributed by atoms with Gasteiger partial charge in [-0.05, 0) is 59.9 Å². The van der Waals surface area contributed by atoms with Crippen LogP contribution < -0.4 is 9.64 Å². The molecule has 9 nitrogen and oxygen atoms in total. The summed E-state index contributed by atoms with van der Waals surface area (Å²) in [7, 11) is 1.98. The summed E-state index contributed by atoms with van der Waals surface area (Å²) in [6, 6.07) is 27.2. The minimum atomic E-state index is -0.713. The fourth-order valence-corrected chi connectivity index (χ4v) is 7.84. The average Bonchev–Trinajstić information content (AvgIpc) is 3.86. The van der Waals surface area contributed by atoms with Crippen LogP contribution in [0.25, 0.3) is 38.9 Å². The minimum absolute atomic E-state index is 0.0257. The van der Waals surface area contributed by atoms with E-state index in [1.807, 2.05) is 76.1 Å². The molecule has 1 amide bonds. The molecule has 4 aromatic carbocycles. The zero-order chi connectivity index (χ0) is 35.3. The Morgan fingerprint density at radius 2 is 1.79 bits per heavy atom. The molecular formula is C41H35F2N7O2. The van der Waals surface area contributed by atoms with Crippen molar-refractivity contribution in [1.82, 2.24) is 29.0 Å². The molecule has 9 rings (SSSR count). The number of benzene rings is 4. The molecule has 0 saturated carbocycles. The van der Waals surface area contributed by atoms with E-state index in [0.29, 0.717) is 49.0 Å². The quantitative estimate of drug-likeness (QED) is 0.193. The van der Waals surface area contributed by atoms with Gasteiger partial charge in [0.1, 0.15) is 40.9 Å². The zero-order valence-corrected chi connectivity index (χ0v) is 28.5. The number of rotatable bonds is 4. The standard InChI is InChI=1S/C41H35F2N7O2/c1-47-35-14-7-18-48(24-26-8-3-2-4-9-26)41(51)36-22-30(52-29-11-5-10-27(20-29)31-12-6-13-34(46-47)38(31)35)25-50(36)40-37-23-45-39(49(37)19-17-44-40)32-16-15-28(42)21-33(32)43/h2-6,8-13,15-17,19-21,23,30,36H,7,14,18,22,24-25H2,1H3/t30-,36-/m0/s1. The predicted molar refractivity (Wildman–Crippen MR) is 195 cm³/mol. The number of carbonyl (C=O) groups is 1. The highest BCUT2D eigenvalue weighted by Crippen LogP contribution is 2.37. The number of ether oxygens (including phenoxy) is 1. The number of fused-ring (bicyclic) bond motifs is 6. The highest BCUT2D eigenvalue weighted by molar-refractivity contribution is 5.97. The third kappa shape index (κ3) is 5.62. The summed E-state index contributed by atoms with van der Waals surface area (Å²) in [5.41, 5.74) is 5.98. The largest absolute Gasteiger partial charge is 0.488 e. The Balaban J connectivity index is 1.15. The molecule has 0 radical (unpaired) electrons. The number of halogens is 2. The van der Waals surface area contributed by atoms with E-state index in [-0.39, 0.29) is 17.6 Å². The van der Waals surface area contributed by atoms with Crippen molar-refractivity contribution in [2.24, 2.45) is 7.05 Å². The highest BCUT2D eigenvalue weighted by atomic mass is 19.1. The van der Waals surface area contributed by atoms with Crippen LogP contribution >= 0.6 is 0 Å². The Hall–Kier alpha value is -6.10. The number of imidazole rings is 1. The molecule has 7 aromatic rings. The zero-order valence-electron chi connectivity index (χ0n) is 28.5. The number of anilines is 1. The Morgan fingerprint density at radius 3 is 2.65 bits per heavy atom. The van der Waals surface area contributed by atoms with Crippen molar-refractivity contribution in [3.05, 3.63) is 132 Å². The first-order valence-electron chi connectivity index (χ1n) is 17.5. The lowest BCUT2D eigenvalue weighted by atomic mass is 9.98. The second-order valence-electron chi connectivity index (χ2n) is 13.5. The molecular weight excluding hydrogens is 660 g/mol. The number of carbonyl (C=O) groups excluding carboxylic acids is 1. The van der Waals surface area contributed by atoms with E-state index in [1.54, 1.807) is 23.0 Å². The first-order chi connectivity index (χ1) is 25.4. The molecule has 1 saturated heterocycles. The number of hydrogen-bond donors (Lipinski definition) is 0. The summed E-state index contributed by atoms with van der Waals surface area (Å²) in [5, 5.41) is 5.96. The van der Waals surface area contributed by atoms with Gasteiger partial charge < -0.3 is 14.5 Å². The van der Waals surface area contributed by atoms with Crippen molar-refractivity contribution in [3.63, 3.8) is 0 Å². The number of nitrogens with zero attached hydrogens (tertiary/aromatic N) is 7. The summed E-state index contributed by atoms with van der Waals surface area (Å²) >= 11 is 0. The van der Waals surface area contributed by atoms with Crippen LogP contribution in [0.3, 0.4) is 0 Å². The van der Waals surface area contributed by atoms with Gasteiger partial charge in [-0.25, -0.2) is 18.7 Å². The maximum Gasteiger partial charge on any atom is 0.245 e. The topological polar surface area (TPSA) is 80.8 Å². The number of aryl methyl sites for hydroxylation is 2. The molecule has 4 bridgehead atoms. The summed E-state index contributed by atoms with van der Waals surface area (Å²) in [6.45, 7) is 1.37. The molecule has 52 heavy (non-hydrogen) atoms. The van der Waals surface area contributed by atoms with Gasteiger partial charge in [0.15, 0.2) is 5.82 Å². The monoisotopic (exact) mass is 695 g/mol. The molecule has 1 fully saturated rings. The lowest BCUT2D eigenvalue weighted by Crippen LogP contribution is -2.46. The molecule has 3 aromatic heterocycles. The van der Waals surface area contributed by atoms with Crippen molar-refractivity contribution in [3.8, 4) is 28.3 Å². The van der Waals surface area contributed by atoms with Gasteiger partial charge in [-0.1, -0.05) is 54.6 Å². The fraction of sp³-hybridized carbons (Fsp3) is 0.220. The number of amides is 1. The van der Waals surface area contributed by atoms with Crippen molar-refractivity contribution in [2.45, 2.75) is 38.0 Å². The Labute approximate surface area is 298 Å². The lowest BCUT2D eigenvalue weighted by molar-refractivity contribution is -0.133. The molecule has 2 atom stereocenters. The lowest BCUT2D eigenvalue weighted by Gasteiger charge is -2.31. The first kappa shape index (κ1) is 31.9. The molecule has 5 heterocycles. The van der Waals surface area contributed by atoms with Crippen LogP contribution in [0.4, 0.5) is 14.6 Å². The van der Waals surface area contributed by atoms with E-state index in [2.05, 4.69) is 23.2 Å². The van der Waals surface area contributed by atoms with Crippen LogP contribution in [-0.2, 0) is 24.8 Å². The maximum atomic E-state index is 15.0. The van der Waals surface area contributed by atoms with E-state index in [1.165, 1.54) is 12.1 Å². The van der Waals surface area contributed by atoms with Crippen LogP contribution in [0.2, 0.25) is 0 Å². The average molecular weight is 696 g/mol. The summed E-state index contributed by atoms with van der Waals surface area (Å²) < 4.78 is 39.2. The predicted octanol–water partition coefficient (Wildman–Crippen LogP) is 7.23. The minimum Gasteiger partial charge on any atom is -0.488 e. The molecule has 2 aliphatic rings. The Bertz CT molecular complexity index is 2460. The SMILES string of the molecule is Cn1nc2cccc3c2c1CCCN(Cc1ccccc1)C(=O)[C@@H]1C[C@@H](CN1c1nccn2c(-c4ccc(F)cc4F)ncc12)Oc1cccc-3c1. The van der Waals surface area contributed by atoms with E-state index >= 15 is 0 Å². The van der Waals surface area contributed by atoms with Gasteiger partial charge in [0.25, 0.3) is 0 Å². The fourth-order valence-electron chi connectivity index (χ4n) is 7.84. The molecule has 0 aliphatic carbocycles. The third-order valence-electron chi connectivity index (χ3n) is 10.2. The highest BCUT2D eigenvalue weighted by Gasteiger charge is 2.42. The molecule has 0 N–H and O–H groups in total. The van der Waals surface area contributed by atoms with Gasteiger partial charge in [0.05, 0.1) is 23.8 Å². The van der Waals surface area contributed by atoms with Crippen molar-refractivity contribution in [1.29, 1.82) is 0 Å².